The van der Waals surface area contributed by atoms with Gasteiger partial charge in [-0.05, 0) is 30.0 Å². The molecule has 0 N–H and O–H groups in total. The van der Waals surface area contributed by atoms with E-state index in [2.05, 4.69) is 72.6 Å². The number of halogens is 1. The van der Waals surface area contributed by atoms with Crippen LogP contribution in [0.5, 0.6) is 0 Å². The maximum Gasteiger partial charge on any atom is 0.0424 e. The summed E-state index contributed by atoms with van der Waals surface area (Å²) in [5.41, 5.74) is 5.54. The highest BCUT2D eigenvalue weighted by atomic mass is 35.5. The van der Waals surface area contributed by atoms with Crippen LogP contribution in [0.15, 0.2) is 60.8 Å². The highest BCUT2D eigenvalue weighted by molar-refractivity contribution is 5.85. The second-order valence-electron chi connectivity index (χ2n) is 5.23. The van der Waals surface area contributed by atoms with Gasteiger partial charge in [0.25, 0.3) is 0 Å². The Morgan fingerprint density at radius 3 is 2.55 bits per heavy atom. The van der Waals surface area contributed by atoms with Gasteiger partial charge in [-0.25, -0.2) is 0 Å². The van der Waals surface area contributed by atoms with Crippen LogP contribution >= 0.6 is 12.4 Å². The van der Waals surface area contributed by atoms with Crippen molar-refractivity contribution in [2.45, 2.75) is 19.9 Å². The first-order valence-electron chi connectivity index (χ1n) is 6.87. The zero-order chi connectivity index (χ0) is 13.1. The molecule has 3 rings (SSSR count). The molecule has 0 fully saturated rings. The zero-order valence-corrected chi connectivity index (χ0v) is 12.6. The summed E-state index contributed by atoms with van der Waals surface area (Å²) in [5.74, 6) is 0. The fourth-order valence-electron chi connectivity index (χ4n) is 2.62. The normalized spacial score (nSPS) is 13.8. The van der Waals surface area contributed by atoms with Gasteiger partial charge in [0, 0.05) is 19.3 Å². The van der Waals surface area contributed by atoms with Crippen molar-refractivity contribution in [2.24, 2.45) is 0 Å². The van der Waals surface area contributed by atoms with Crippen molar-refractivity contribution in [3.63, 3.8) is 0 Å². The van der Waals surface area contributed by atoms with Gasteiger partial charge in [-0.3, -0.25) is 0 Å². The van der Waals surface area contributed by atoms with E-state index in [0.717, 1.165) is 19.5 Å². The van der Waals surface area contributed by atoms with Crippen molar-refractivity contribution in [3.8, 4) is 0 Å². The van der Waals surface area contributed by atoms with Gasteiger partial charge >= 0.3 is 0 Å². The van der Waals surface area contributed by atoms with E-state index in [0.29, 0.717) is 0 Å². The molecule has 0 radical (unpaired) electrons. The maximum atomic E-state index is 2.41. The summed E-state index contributed by atoms with van der Waals surface area (Å²) >= 11 is 0. The molecule has 0 saturated heterocycles. The first-order chi connectivity index (χ1) is 9.31. The summed E-state index contributed by atoms with van der Waals surface area (Å²) < 4.78 is 0. The molecule has 0 aromatic heterocycles. The Bertz CT molecular complexity index is 589. The second-order valence-corrected chi connectivity index (χ2v) is 5.23. The third-order valence-electron chi connectivity index (χ3n) is 3.62. The van der Waals surface area contributed by atoms with Crippen molar-refractivity contribution in [1.29, 1.82) is 0 Å². The summed E-state index contributed by atoms with van der Waals surface area (Å²) in [4.78, 5) is 2.41. The molecule has 1 aliphatic heterocycles. The number of aryl methyl sites for hydroxylation is 1. The average molecular weight is 286 g/mol. The Kier molecular flexibility index (Phi) is 4.86. The van der Waals surface area contributed by atoms with Gasteiger partial charge in [0.2, 0.25) is 0 Å². The van der Waals surface area contributed by atoms with Crippen LogP contribution < -0.4 is 0 Å². The first kappa shape index (κ1) is 14.7. The van der Waals surface area contributed by atoms with Crippen molar-refractivity contribution in [2.75, 3.05) is 6.54 Å². The molecular formula is C18H20ClN. The lowest BCUT2D eigenvalue weighted by molar-refractivity contribution is 0.400. The van der Waals surface area contributed by atoms with Gasteiger partial charge in [0.1, 0.15) is 0 Å². The topological polar surface area (TPSA) is 3.24 Å². The Morgan fingerprint density at radius 1 is 1.00 bits per heavy atom. The predicted molar refractivity (Wildman–Crippen MR) is 87.9 cm³/mol. The van der Waals surface area contributed by atoms with Crippen LogP contribution in [0, 0.1) is 6.92 Å². The standard InChI is InChI=1S/C18H19N.ClH/c1-15-6-5-9-17(12-15)18-10-11-19(14-18)13-16-7-3-2-4-8-16;/h2-9,12,14H,10-11,13H2,1H3;1H. The third-order valence-corrected chi connectivity index (χ3v) is 3.62. The van der Waals surface area contributed by atoms with Crippen LogP contribution in [0.4, 0.5) is 0 Å². The lowest BCUT2D eigenvalue weighted by Gasteiger charge is -2.14. The van der Waals surface area contributed by atoms with Crippen molar-refractivity contribution in [3.05, 3.63) is 77.5 Å². The van der Waals surface area contributed by atoms with E-state index in [-0.39, 0.29) is 12.4 Å². The molecule has 2 aromatic rings. The fraction of sp³-hybridized carbons (Fsp3) is 0.222. The van der Waals surface area contributed by atoms with E-state index < -0.39 is 0 Å². The van der Waals surface area contributed by atoms with Crippen LogP contribution in [0.1, 0.15) is 23.1 Å². The minimum atomic E-state index is 0. The molecule has 2 heteroatoms. The monoisotopic (exact) mass is 285 g/mol. The summed E-state index contributed by atoms with van der Waals surface area (Å²) in [6.45, 7) is 4.29. The molecule has 2 aromatic carbocycles. The highest BCUT2D eigenvalue weighted by Crippen LogP contribution is 2.26. The molecule has 0 spiro atoms. The van der Waals surface area contributed by atoms with E-state index >= 15 is 0 Å². The molecule has 1 heterocycles. The van der Waals surface area contributed by atoms with E-state index in [1.165, 1.54) is 22.3 Å². The van der Waals surface area contributed by atoms with E-state index in [4.69, 9.17) is 0 Å². The molecule has 104 valence electrons. The fourth-order valence-corrected chi connectivity index (χ4v) is 2.62. The van der Waals surface area contributed by atoms with E-state index in [1.807, 2.05) is 0 Å². The second kappa shape index (κ2) is 6.62. The number of benzene rings is 2. The lowest BCUT2D eigenvalue weighted by Crippen LogP contribution is -2.13. The number of rotatable bonds is 3. The molecule has 20 heavy (non-hydrogen) atoms. The molecule has 1 aliphatic rings. The van der Waals surface area contributed by atoms with Crippen molar-refractivity contribution < 1.29 is 0 Å². The molecule has 0 saturated carbocycles. The SMILES string of the molecule is Cc1cccc(C2=CN(Cc3ccccc3)CC2)c1.Cl. The van der Waals surface area contributed by atoms with Gasteiger partial charge in [-0.2, -0.15) is 0 Å². The Labute approximate surface area is 127 Å². The van der Waals surface area contributed by atoms with Gasteiger partial charge in [0.05, 0.1) is 0 Å². The number of nitrogens with zero attached hydrogens (tertiary/aromatic N) is 1. The predicted octanol–water partition coefficient (Wildman–Crippen LogP) is 4.66. The minimum Gasteiger partial charge on any atom is -0.372 e. The van der Waals surface area contributed by atoms with Crippen LogP contribution in [0.2, 0.25) is 0 Å². The van der Waals surface area contributed by atoms with Gasteiger partial charge in [-0.1, -0.05) is 60.2 Å². The zero-order valence-electron chi connectivity index (χ0n) is 11.8. The van der Waals surface area contributed by atoms with Crippen LogP contribution in [0.3, 0.4) is 0 Å². The molecular weight excluding hydrogens is 266 g/mol. The van der Waals surface area contributed by atoms with Gasteiger partial charge in [-0.15, -0.1) is 12.4 Å². The summed E-state index contributed by atoms with van der Waals surface area (Å²) in [5, 5.41) is 0. The smallest absolute Gasteiger partial charge is 0.0424 e. The van der Waals surface area contributed by atoms with Crippen LogP contribution in [-0.2, 0) is 6.54 Å². The van der Waals surface area contributed by atoms with Crippen LogP contribution in [0.25, 0.3) is 5.57 Å². The molecule has 0 aliphatic carbocycles. The maximum absolute atomic E-state index is 2.41. The lowest BCUT2D eigenvalue weighted by atomic mass is 10.0. The third kappa shape index (κ3) is 3.43. The van der Waals surface area contributed by atoms with Gasteiger partial charge in [0.15, 0.2) is 0 Å². The van der Waals surface area contributed by atoms with Crippen molar-refractivity contribution >= 4 is 18.0 Å². The minimum absolute atomic E-state index is 0. The number of hydrogen-bond acceptors (Lipinski definition) is 1. The van der Waals surface area contributed by atoms with Gasteiger partial charge < -0.3 is 4.90 Å². The van der Waals surface area contributed by atoms with E-state index in [1.54, 1.807) is 0 Å². The molecule has 0 amide bonds. The quantitative estimate of drug-likeness (QED) is 0.792. The molecule has 0 bridgehead atoms. The molecule has 0 unspecified atom stereocenters. The summed E-state index contributed by atoms with van der Waals surface area (Å²) in [7, 11) is 0. The average Bonchev–Trinajstić information content (AvgIpc) is 2.88. The highest BCUT2D eigenvalue weighted by Gasteiger charge is 2.13. The summed E-state index contributed by atoms with van der Waals surface area (Å²) in [6.07, 6.45) is 3.47. The van der Waals surface area contributed by atoms with Crippen molar-refractivity contribution in [1.82, 2.24) is 4.90 Å². The molecule has 0 atom stereocenters. The summed E-state index contributed by atoms with van der Waals surface area (Å²) in [6, 6.07) is 19.5. The van der Waals surface area contributed by atoms with E-state index in [9.17, 15) is 0 Å². The first-order valence-corrected chi connectivity index (χ1v) is 6.87. The van der Waals surface area contributed by atoms with Crippen LogP contribution in [-0.4, -0.2) is 11.4 Å². The molecule has 1 nitrogen and oxygen atoms in total. The Hall–Kier alpha value is -1.73. The Balaban J connectivity index is 0.00000147. The largest absolute Gasteiger partial charge is 0.372 e. The number of hydrogen-bond donors (Lipinski definition) is 0. The Morgan fingerprint density at radius 2 is 1.80 bits per heavy atom.